The topological polar surface area (TPSA) is 107 Å². The Kier molecular flexibility index (Phi) is 5.21. The van der Waals surface area contributed by atoms with Crippen LogP contribution in [0, 0.1) is 11.6 Å². The molecule has 1 saturated heterocycles. The molecule has 2 atom stereocenters. The number of methoxy groups -OCH3 is 1. The fraction of sp³-hybridized carbons (Fsp3) is 0.182. The fourth-order valence-electron chi connectivity index (χ4n) is 3.80. The number of aromatic nitrogens is 4. The van der Waals surface area contributed by atoms with Crippen molar-refractivity contribution in [1.82, 2.24) is 25.3 Å². The lowest BCUT2D eigenvalue weighted by Crippen LogP contribution is -2.33. The Balaban J connectivity index is 1.36. The first-order chi connectivity index (χ1) is 16.0. The number of hydrogen-bond donors (Lipinski definition) is 2. The molecule has 168 valence electrons. The van der Waals surface area contributed by atoms with Gasteiger partial charge in [0.15, 0.2) is 0 Å². The maximum absolute atomic E-state index is 14.6. The Morgan fingerprint density at radius 1 is 1.18 bits per heavy atom. The molecular weight excluding hydrogens is 434 g/mol. The van der Waals surface area contributed by atoms with Crippen LogP contribution in [0.3, 0.4) is 0 Å². The zero-order valence-corrected chi connectivity index (χ0v) is 17.3. The molecule has 0 radical (unpaired) electrons. The number of hydrogen-bond acceptors (Lipinski definition) is 7. The number of benzene rings is 2. The van der Waals surface area contributed by atoms with Crippen LogP contribution in [-0.4, -0.2) is 45.6 Å². The van der Waals surface area contributed by atoms with Crippen molar-refractivity contribution in [3.63, 3.8) is 0 Å². The summed E-state index contributed by atoms with van der Waals surface area (Å²) in [6.07, 6.45) is 3.50. The largest absolute Gasteiger partial charge is 0.497 e. The van der Waals surface area contributed by atoms with E-state index in [0.717, 1.165) is 17.8 Å². The summed E-state index contributed by atoms with van der Waals surface area (Å²) < 4.78 is 41.5. The van der Waals surface area contributed by atoms with Crippen LogP contribution in [0.5, 0.6) is 5.75 Å². The first-order valence-corrected chi connectivity index (χ1v) is 10.0. The second kappa shape index (κ2) is 8.34. The van der Waals surface area contributed by atoms with Crippen molar-refractivity contribution in [3.05, 3.63) is 72.1 Å². The van der Waals surface area contributed by atoms with E-state index in [1.165, 1.54) is 7.11 Å². The molecule has 0 bridgehead atoms. The van der Waals surface area contributed by atoms with Crippen molar-refractivity contribution in [2.75, 3.05) is 19.0 Å². The molecule has 1 amide bonds. The van der Waals surface area contributed by atoms with Crippen LogP contribution >= 0.6 is 0 Å². The number of rotatable bonds is 6. The van der Waals surface area contributed by atoms with Gasteiger partial charge in [-0.1, -0.05) is 5.10 Å². The SMILES string of the molecule is COc1cc(F)c([C@@H]2CNC(=O)[C@H]2Nc2nnc(-c3ccc(-n4cccn4)cc3)o2)c(F)c1. The lowest BCUT2D eigenvalue weighted by Gasteiger charge is -2.19. The maximum Gasteiger partial charge on any atom is 0.316 e. The van der Waals surface area contributed by atoms with Crippen LogP contribution in [0.25, 0.3) is 17.1 Å². The molecule has 0 spiro atoms. The van der Waals surface area contributed by atoms with Gasteiger partial charge in [0, 0.05) is 48.1 Å². The monoisotopic (exact) mass is 452 g/mol. The molecule has 2 aromatic carbocycles. The third-order valence-corrected chi connectivity index (χ3v) is 5.43. The van der Waals surface area contributed by atoms with Gasteiger partial charge in [0.1, 0.15) is 23.4 Å². The van der Waals surface area contributed by atoms with Crippen LogP contribution in [0.15, 0.2) is 59.3 Å². The number of ether oxygens (including phenoxy) is 1. The normalized spacial score (nSPS) is 17.7. The van der Waals surface area contributed by atoms with Crippen LogP contribution in [0.4, 0.5) is 14.8 Å². The second-order valence-corrected chi connectivity index (χ2v) is 7.39. The van der Waals surface area contributed by atoms with Gasteiger partial charge in [-0.2, -0.15) is 5.10 Å². The highest BCUT2D eigenvalue weighted by molar-refractivity contribution is 5.88. The van der Waals surface area contributed by atoms with E-state index in [4.69, 9.17) is 9.15 Å². The van der Waals surface area contributed by atoms with Gasteiger partial charge in [0.05, 0.1) is 12.8 Å². The number of nitrogens with zero attached hydrogens (tertiary/aromatic N) is 4. The zero-order chi connectivity index (χ0) is 22.9. The van der Waals surface area contributed by atoms with Gasteiger partial charge in [0.25, 0.3) is 0 Å². The lowest BCUT2D eigenvalue weighted by molar-refractivity contribution is -0.119. The van der Waals surface area contributed by atoms with Gasteiger partial charge in [-0.25, -0.2) is 13.5 Å². The average Bonchev–Trinajstić information content (AvgIpc) is 3.57. The molecular formula is C22H18F2N6O3. The van der Waals surface area contributed by atoms with Crippen LogP contribution in [0.1, 0.15) is 11.5 Å². The summed E-state index contributed by atoms with van der Waals surface area (Å²) in [6.45, 7) is 0.0482. The summed E-state index contributed by atoms with van der Waals surface area (Å²) in [5.41, 5.74) is 1.29. The van der Waals surface area contributed by atoms with Crippen molar-refractivity contribution in [2.45, 2.75) is 12.0 Å². The minimum Gasteiger partial charge on any atom is -0.497 e. The lowest BCUT2D eigenvalue weighted by atomic mass is 9.93. The standard InChI is InChI=1S/C22H18F2N6O3/c1-32-14-9-16(23)18(17(24)10-14)15-11-25-20(31)19(15)27-22-29-28-21(33-22)12-3-5-13(6-4-12)30-8-2-7-26-30/h2-10,15,19H,11H2,1H3,(H,25,31)(H,27,29)/t15-,19-/m0/s1. The van der Waals surface area contributed by atoms with Gasteiger partial charge in [-0.15, -0.1) is 5.10 Å². The summed E-state index contributed by atoms with van der Waals surface area (Å²) >= 11 is 0. The van der Waals surface area contributed by atoms with E-state index in [2.05, 4.69) is 25.9 Å². The molecule has 3 heterocycles. The van der Waals surface area contributed by atoms with Crippen molar-refractivity contribution >= 4 is 11.9 Å². The molecule has 2 aromatic heterocycles. The summed E-state index contributed by atoms with van der Waals surface area (Å²) in [7, 11) is 1.32. The number of anilines is 1. The molecule has 0 saturated carbocycles. The van der Waals surface area contributed by atoms with Crippen LogP contribution in [0.2, 0.25) is 0 Å². The molecule has 5 rings (SSSR count). The van der Waals surface area contributed by atoms with E-state index >= 15 is 0 Å². The Labute approximate surface area is 186 Å². The van der Waals surface area contributed by atoms with Gasteiger partial charge < -0.3 is 19.8 Å². The molecule has 0 aliphatic carbocycles. The molecule has 4 aromatic rings. The molecule has 11 heteroatoms. The van der Waals surface area contributed by atoms with E-state index in [1.54, 1.807) is 23.0 Å². The Bertz CT molecular complexity index is 1270. The first-order valence-electron chi connectivity index (χ1n) is 10.0. The van der Waals surface area contributed by atoms with Gasteiger partial charge >= 0.3 is 6.01 Å². The van der Waals surface area contributed by atoms with E-state index in [0.29, 0.717) is 5.56 Å². The average molecular weight is 452 g/mol. The minimum atomic E-state index is -1.00. The number of halogens is 2. The summed E-state index contributed by atoms with van der Waals surface area (Å²) in [6, 6.07) is 10.2. The van der Waals surface area contributed by atoms with Crippen molar-refractivity contribution < 1.29 is 22.7 Å². The smallest absolute Gasteiger partial charge is 0.316 e. The molecule has 0 unspecified atom stereocenters. The zero-order valence-electron chi connectivity index (χ0n) is 17.3. The number of nitrogens with one attached hydrogen (secondary N) is 2. The molecule has 1 fully saturated rings. The van der Waals surface area contributed by atoms with E-state index in [1.807, 2.05) is 24.4 Å². The van der Waals surface area contributed by atoms with Crippen molar-refractivity contribution in [3.8, 4) is 22.9 Å². The van der Waals surface area contributed by atoms with Crippen LogP contribution in [-0.2, 0) is 4.79 Å². The fourth-order valence-corrected chi connectivity index (χ4v) is 3.80. The molecule has 1 aliphatic heterocycles. The third kappa shape index (κ3) is 3.88. The summed E-state index contributed by atoms with van der Waals surface area (Å²) in [5, 5.41) is 17.5. The minimum absolute atomic E-state index is 0.0393. The summed E-state index contributed by atoms with van der Waals surface area (Å²) in [5.74, 6) is -2.59. The highest BCUT2D eigenvalue weighted by Gasteiger charge is 2.40. The predicted octanol–water partition coefficient (Wildman–Crippen LogP) is 2.90. The van der Waals surface area contributed by atoms with Crippen molar-refractivity contribution in [1.29, 1.82) is 0 Å². The Hall–Kier alpha value is -4.28. The maximum atomic E-state index is 14.6. The van der Waals surface area contributed by atoms with Gasteiger partial charge in [-0.05, 0) is 30.3 Å². The van der Waals surface area contributed by atoms with E-state index < -0.39 is 29.5 Å². The summed E-state index contributed by atoms with van der Waals surface area (Å²) in [4.78, 5) is 12.4. The molecule has 33 heavy (non-hydrogen) atoms. The molecule has 2 N–H and O–H groups in total. The van der Waals surface area contributed by atoms with Gasteiger partial charge in [0.2, 0.25) is 11.8 Å². The predicted molar refractivity (Wildman–Crippen MR) is 113 cm³/mol. The Morgan fingerprint density at radius 3 is 2.61 bits per heavy atom. The molecule has 1 aliphatic rings. The van der Waals surface area contributed by atoms with Crippen LogP contribution < -0.4 is 15.4 Å². The number of carbonyl (C=O) groups is 1. The molecule has 9 nitrogen and oxygen atoms in total. The quantitative estimate of drug-likeness (QED) is 0.463. The highest BCUT2D eigenvalue weighted by atomic mass is 19.1. The van der Waals surface area contributed by atoms with Gasteiger partial charge in [-0.3, -0.25) is 4.79 Å². The third-order valence-electron chi connectivity index (χ3n) is 5.43. The second-order valence-electron chi connectivity index (χ2n) is 7.39. The highest BCUT2D eigenvalue weighted by Crippen LogP contribution is 2.33. The Morgan fingerprint density at radius 2 is 1.94 bits per heavy atom. The number of carbonyl (C=O) groups excluding carboxylic acids is 1. The number of amides is 1. The van der Waals surface area contributed by atoms with Crippen molar-refractivity contribution in [2.24, 2.45) is 0 Å². The van der Waals surface area contributed by atoms with E-state index in [9.17, 15) is 13.6 Å². The first kappa shape index (κ1) is 20.6. The van der Waals surface area contributed by atoms with E-state index in [-0.39, 0.29) is 29.8 Å².